The number of rotatable bonds is 6. The van der Waals surface area contributed by atoms with Crippen molar-refractivity contribution in [1.29, 1.82) is 0 Å². The minimum Gasteiger partial charge on any atom is -0.381 e. The molecule has 0 spiro atoms. The van der Waals surface area contributed by atoms with E-state index in [0.29, 0.717) is 5.41 Å². The minimum atomic E-state index is 0.520. The molecule has 0 radical (unpaired) electrons. The van der Waals surface area contributed by atoms with E-state index in [1.165, 1.54) is 58.3 Å². The molecule has 0 saturated carbocycles. The van der Waals surface area contributed by atoms with Gasteiger partial charge in [-0.15, -0.1) is 0 Å². The average Bonchev–Trinajstić information content (AvgIpc) is 2.89. The molecule has 0 aliphatic carbocycles. The standard InChI is InChI=1S/C14H28N2O/c1-2-14(5-9-17-10-6-14)12-16-8-4-13-3-7-15-11-13/h13,15-16H,2-12H2,1H3. The second-order valence-corrected chi connectivity index (χ2v) is 5.79. The Hall–Kier alpha value is -0.120. The van der Waals surface area contributed by atoms with E-state index in [9.17, 15) is 0 Å². The fraction of sp³-hybridized carbons (Fsp3) is 1.00. The zero-order chi connectivity index (χ0) is 12.0. The van der Waals surface area contributed by atoms with Crippen LogP contribution in [0.5, 0.6) is 0 Å². The van der Waals surface area contributed by atoms with Crippen LogP contribution < -0.4 is 10.6 Å². The van der Waals surface area contributed by atoms with Crippen molar-refractivity contribution >= 4 is 0 Å². The third-order valence-electron chi connectivity index (χ3n) is 4.70. The van der Waals surface area contributed by atoms with Gasteiger partial charge in [-0.25, -0.2) is 0 Å². The van der Waals surface area contributed by atoms with Gasteiger partial charge in [0, 0.05) is 19.8 Å². The van der Waals surface area contributed by atoms with Gasteiger partial charge in [-0.2, -0.15) is 0 Å². The average molecular weight is 240 g/mol. The van der Waals surface area contributed by atoms with E-state index in [1.807, 2.05) is 0 Å². The van der Waals surface area contributed by atoms with Crippen molar-refractivity contribution in [3.05, 3.63) is 0 Å². The third-order valence-corrected chi connectivity index (χ3v) is 4.70. The normalized spacial score (nSPS) is 28.4. The Labute approximate surface area is 106 Å². The fourth-order valence-corrected chi connectivity index (χ4v) is 3.08. The van der Waals surface area contributed by atoms with E-state index in [1.54, 1.807) is 0 Å². The van der Waals surface area contributed by atoms with Crippen LogP contribution in [-0.2, 0) is 4.74 Å². The van der Waals surface area contributed by atoms with Gasteiger partial charge in [0.15, 0.2) is 0 Å². The van der Waals surface area contributed by atoms with Gasteiger partial charge in [0.2, 0.25) is 0 Å². The molecule has 0 aromatic heterocycles. The predicted octanol–water partition coefficient (Wildman–Crippen LogP) is 1.78. The zero-order valence-corrected chi connectivity index (χ0v) is 11.3. The van der Waals surface area contributed by atoms with Gasteiger partial charge in [-0.3, -0.25) is 0 Å². The monoisotopic (exact) mass is 240 g/mol. The Bertz CT molecular complexity index is 208. The van der Waals surface area contributed by atoms with E-state index in [2.05, 4.69) is 17.6 Å². The highest BCUT2D eigenvalue weighted by Crippen LogP contribution is 2.33. The van der Waals surface area contributed by atoms with Gasteiger partial charge < -0.3 is 15.4 Å². The fourth-order valence-electron chi connectivity index (χ4n) is 3.08. The first kappa shape index (κ1) is 13.3. The highest BCUT2D eigenvalue weighted by atomic mass is 16.5. The summed E-state index contributed by atoms with van der Waals surface area (Å²) in [5, 5.41) is 7.13. The summed E-state index contributed by atoms with van der Waals surface area (Å²) >= 11 is 0. The SMILES string of the molecule is CCC1(CNCCC2CCNC2)CCOCC1. The predicted molar refractivity (Wildman–Crippen MR) is 71.2 cm³/mol. The first-order valence-corrected chi connectivity index (χ1v) is 7.34. The summed E-state index contributed by atoms with van der Waals surface area (Å²) in [6.07, 6.45) is 6.47. The molecule has 3 heteroatoms. The maximum absolute atomic E-state index is 5.48. The van der Waals surface area contributed by atoms with Crippen LogP contribution in [-0.4, -0.2) is 39.4 Å². The van der Waals surface area contributed by atoms with Crippen molar-refractivity contribution in [2.75, 3.05) is 39.4 Å². The molecule has 2 aliphatic rings. The van der Waals surface area contributed by atoms with Gasteiger partial charge in [-0.05, 0) is 63.1 Å². The van der Waals surface area contributed by atoms with E-state index in [-0.39, 0.29) is 0 Å². The van der Waals surface area contributed by atoms with Crippen molar-refractivity contribution in [3.8, 4) is 0 Å². The highest BCUT2D eigenvalue weighted by Gasteiger charge is 2.30. The van der Waals surface area contributed by atoms with Gasteiger partial charge in [0.05, 0.1) is 0 Å². The third kappa shape index (κ3) is 3.94. The molecule has 1 atom stereocenters. The molecule has 0 bridgehead atoms. The van der Waals surface area contributed by atoms with Crippen LogP contribution in [0.1, 0.15) is 39.0 Å². The Balaban J connectivity index is 1.61. The lowest BCUT2D eigenvalue weighted by atomic mass is 9.78. The molecule has 3 nitrogen and oxygen atoms in total. The molecule has 2 N–H and O–H groups in total. The molecular weight excluding hydrogens is 212 g/mol. The maximum Gasteiger partial charge on any atom is 0.0471 e. The topological polar surface area (TPSA) is 33.3 Å². The van der Waals surface area contributed by atoms with E-state index >= 15 is 0 Å². The molecule has 2 rings (SSSR count). The summed E-state index contributed by atoms with van der Waals surface area (Å²) in [5.41, 5.74) is 0.520. The minimum absolute atomic E-state index is 0.520. The summed E-state index contributed by atoms with van der Waals surface area (Å²) in [4.78, 5) is 0. The van der Waals surface area contributed by atoms with Crippen LogP contribution in [0.3, 0.4) is 0 Å². The second kappa shape index (κ2) is 6.72. The quantitative estimate of drug-likeness (QED) is 0.694. The molecule has 2 saturated heterocycles. The van der Waals surface area contributed by atoms with E-state index < -0.39 is 0 Å². The van der Waals surface area contributed by atoms with Crippen molar-refractivity contribution in [3.63, 3.8) is 0 Å². The summed E-state index contributed by atoms with van der Waals surface area (Å²) in [5.74, 6) is 0.912. The molecule has 17 heavy (non-hydrogen) atoms. The Morgan fingerprint density at radius 2 is 2.18 bits per heavy atom. The Morgan fingerprint density at radius 3 is 2.82 bits per heavy atom. The Kier molecular flexibility index (Phi) is 5.26. The molecule has 0 amide bonds. The summed E-state index contributed by atoms with van der Waals surface area (Å²) in [6, 6.07) is 0. The van der Waals surface area contributed by atoms with Crippen LogP contribution in [0.15, 0.2) is 0 Å². The lowest BCUT2D eigenvalue weighted by molar-refractivity contribution is 0.0128. The molecule has 0 aromatic carbocycles. The molecular formula is C14H28N2O. The molecule has 2 fully saturated rings. The van der Waals surface area contributed by atoms with Crippen LogP contribution >= 0.6 is 0 Å². The van der Waals surface area contributed by atoms with Crippen LogP contribution in [0, 0.1) is 11.3 Å². The van der Waals surface area contributed by atoms with Gasteiger partial charge >= 0.3 is 0 Å². The first-order chi connectivity index (χ1) is 8.35. The smallest absolute Gasteiger partial charge is 0.0471 e. The van der Waals surface area contributed by atoms with Crippen molar-refractivity contribution in [2.24, 2.45) is 11.3 Å². The van der Waals surface area contributed by atoms with Gasteiger partial charge in [0.1, 0.15) is 0 Å². The van der Waals surface area contributed by atoms with Crippen molar-refractivity contribution < 1.29 is 4.74 Å². The molecule has 2 heterocycles. The second-order valence-electron chi connectivity index (χ2n) is 5.79. The molecule has 1 unspecified atom stereocenters. The summed E-state index contributed by atoms with van der Waals surface area (Å²) in [6.45, 7) is 9.08. The number of hydrogen-bond donors (Lipinski definition) is 2. The first-order valence-electron chi connectivity index (χ1n) is 7.34. The Morgan fingerprint density at radius 1 is 1.35 bits per heavy atom. The largest absolute Gasteiger partial charge is 0.381 e. The lowest BCUT2D eigenvalue weighted by Gasteiger charge is -2.36. The van der Waals surface area contributed by atoms with Crippen molar-refractivity contribution in [1.82, 2.24) is 10.6 Å². The zero-order valence-electron chi connectivity index (χ0n) is 11.3. The van der Waals surface area contributed by atoms with Gasteiger partial charge in [0.25, 0.3) is 0 Å². The number of ether oxygens (including phenoxy) is 1. The van der Waals surface area contributed by atoms with Crippen LogP contribution in [0.25, 0.3) is 0 Å². The molecule has 0 aromatic rings. The van der Waals surface area contributed by atoms with E-state index in [0.717, 1.165) is 19.1 Å². The molecule has 2 aliphatic heterocycles. The lowest BCUT2D eigenvalue weighted by Crippen LogP contribution is -2.39. The van der Waals surface area contributed by atoms with Crippen molar-refractivity contribution in [2.45, 2.75) is 39.0 Å². The van der Waals surface area contributed by atoms with Gasteiger partial charge in [-0.1, -0.05) is 6.92 Å². The van der Waals surface area contributed by atoms with E-state index in [4.69, 9.17) is 4.74 Å². The van der Waals surface area contributed by atoms with Crippen LogP contribution in [0.4, 0.5) is 0 Å². The maximum atomic E-state index is 5.48. The summed E-state index contributed by atoms with van der Waals surface area (Å²) < 4.78 is 5.48. The molecule has 100 valence electrons. The van der Waals surface area contributed by atoms with Crippen LogP contribution in [0.2, 0.25) is 0 Å². The highest BCUT2D eigenvalue weighted by molar-refractivity contribution is 4.83. The number of hydrogen-bond acceptors (Lipinski definition) is 3. The number of nitrogens with one attached hydrogen (secondary N) is 2. The summed E-state index contributed by atoms with van der Waals surface area (Å²) in [7, 11) is 0.